The van der Waals surface area contributed by atoms with E-state index in [0.717, 1.165) is 25.7 Å². The van der Waals surface area contributed by atoms with Crippen molar-refractivity contribution in [3.05, 3.63) is 11.6 Å². The van der Waals surface area contributed by atoms with E-state index in [1.807, 2.05) is 0 Å². The number of allylic oxidation sites excluding steroid dienone is 1. The highest BCUT2D eigenvalue weighted by Crippen LogP contribution is 2.70. The summed E-state index contributed by atoms with van der Waals surface area (Å²) in [6.45, 7) is 19.1. The molecule has 1 unspecified atom stereocenters. The molecule has 5 rings (SSSR count). The van der Waals surface area contributed by atoms with Crippen molar-refractivity contribution >= 4 is 8.32 Å². The van der Waals surface area contributed by atoms with Crippen molar-refractivity contribution in [3.63, 3.8) is 0 Å². The first-order valence-electron chi connectivity index (χ1n) is 14.0. The van der Waals surface area contributed by atoms with Crippen LogP contribution in [-0.4, -0.2) is 43.1 Å². The summed E-state index contributed by atoms with van der Waals surface area (Å²) in [5.41, 5.74) is 1.96. The molecule has 1 aliphatic heterocycles. The van der Waals surface area contributed by atoms with Crippen molar-refractivity contribution in [1.29, 1.82) is 0 Å². The van der Waals surface area contributed by atoms with Crippen LogP contribution in [0.2, 0.25) is 18.1 Å². The fraction of sp³-hybridized carbons (Fsp3) is 0.931. The van der Waals surface area contributed by atoms with Gasteiger partial charge in [0, 0.05) is 18.4 Å². The lowest BCUT2D eigenvalue weighted by Crippen LogP contribution is -2.56. The van der Waals surface area contributed by atoms with Crippen molar-refractivity contribution < 1.29 is 19.4 Å². The SMILES string of the molecule is C[C@@H]1C(O)CO[C@@]2(O)C[C@H]3[C@@H]4CC=C5C[C@@H](O[Si](C)(C)C(C)(C)C)CC[C@]5(C)[C@H]4CC[C@]3(C)[C@@H]12. The molecule has 0 spiro atoms. The van der Waals surface area contributed by atoms with Crippen LogP contribution in [0, 0.1) is 40.4 Å². The Bertz CT molecular complexity index is 848. The van der Waals surface area contributed by atoms with Crippen LogP contribution in [0.15, 0.2) is 11.6 Å². The van der Waals surface area contributed by atoms with Gasteiger partial charge < -0.3 is 19.4 Å². The molecule has 4 fully saturated rings. The van der Waals surface area contributed by atoms with Crippen molar-refractivity contribution in [2.75, 3.05) is 6.61 Å². The molecule has 10 atom stereocenters. The molecule has 1 saturated heterocycles. The molecule has 0 aromatic rings. The minimum Gasteiger partial charge on any atom is -0.414 e. The van der Waals surface area contributed by atoms with E-state index in [4.69, 9.17) is 9.16 Å². The van der Waals surface area contributed by atoms with Gasteiger partial charge in [-0.05, 0) is 91.2 Å². The van der Waals surface area contributed by atoms with Gasteiger partial charge in [-0.3, -0.25) is 0 Å². The van der Waals surface area contributed by atoms with Crippen molar-refractivity contribution in [1.82, 2.24) is 0 Å². The van der Waals surface area contributed by atoms with E-state index in [-0.39, 0.29) is 34.3 Å². The normalized spacial score (nSPS) is 51.1. The highest BCUT2D eigenvalue weighted by molar-refractivity contribution is 6.74. The van der Waals surface area contributed by atoms with Crippen molar-refractivity contribution in [3.8, 4) is 0 Å². The second-order valence-corrected chi connectivity index (χ2v) is 19.6. The van der Waals surface area contributed by atoms with Gasteiger partial charge in [-0.25, -0.2) is 0 Å². The Morgan fingerprint density at radius 3 is 2.50 bits per heavy atom. The van der Waals surface area contributed by atoms with Crippen LogP contribution in [0.5, 0.6) is 0 Å². The minimum atomic E-state index is -1.76. The maximum atomic E-state index is 11.6. The summed E-state index contributed by atoms with van der Waals surface area (Å²) in [7, 11) is -1.76. The lowest BCUT2D eigenvalue weighted by Gasteiger charge is -2.59. The van der Waals surface area contributed by atoms with Gasteiger partial charge in [-0.15, -0.1) is 0 Å². The van der Waals surface area contributed by atoms with Crippen LogP contribution >= 0.6 is 0 Å². The monoisotopic (exact) mass is 490 g/mol. The standard InChI is InChI=1S/C29H50O4Si/c1-18-24(30)17-32-29(31)16-23-21-10-9-19-15-20(33-34(7,8)26(2,3)4)11-13-27(19,5)22(21)12-14-28(23,6)25(18)29/h9,18,20-25,30-31H,10-17H2,1-8H3/t18-,20+,21-,22+,23+,24?,25-,27+,28+,29+/m1/s1. The van der Waals surface area contributed by atoms with Crippen LogP contribution in [0.1, 0.15) is 86.5 Å². The van der Waals surface area contributed by atoms with Gasteiger partial charge in [0.2, 0.25) is 0 Å². The fourth-order valence-corrected chi connectivity index (χ4v) is 10.5. The summed E-state index contributed by atoms with van der Waals surface area (Å²) in [5, 5.41) is 22.5. The number of rotatable bonds is 2. The number of hydrogen-bond acceptors (Lipinski definition) is 4. The Hall–Kier alpha value is -0.203. The van der Waals surface area contributed by atoms with E-state index >= 15 is 0 Å². The lowest BCUT2D eigenvalue weighted by atomic mass is 9.47. The average molecular weight is 491 g/mol. The lowest BCUT2D eigenvalue weighted by molar-refractivity contribution is -0.291. The Kier molecular flexibility index (Phi) is 5.91. The molecule has 2 N–H and O–H groups in total. The molecule has 3 saturated carbocycles. The van der Waals surface area contributed by atoms with E-state index in [0.29, 0.717) is 23.9 Å². The van der Waals surface area contributed by atoms with Crippen LogP contribution in [0.3, 0.4) is 0 Å². The Balaban J connectivity index is 1.39. The third-order valence-electron chi connectivity index (χ3n) is 12.1. The molecule has 0 bridgehead atoms. The van der Waals surface area contributed by atoms with Gasteiger partial charge in [0.15, 0.2) is 14.1 Å². The molecule has 0 aromatic carbocycles. The van der Waals surface area contributed by atoms with Gasteiger partial charge in [0.05, 0.1) is 12.7 Å². The molecule has 194 valence electrons. The van der Waals surface area contributed by atoms with Gasteiger partial charge in [0.1, 0.15) is 0 Å². The topological polar surface area (TPSA) is 58.9 Å². The van der Waals surface area contributed by atoms with E-state index in [1.54, 1.807) is 5.57 Å². The van der Waals surface area contributed by atoms with Crippen LogP contribution in [-0.2, 0) is 9.16 Å². The van der Waals surface area contributed by atoms with Crippen LogP contribution in [0.4, 0.5) is 0 Å². The summed E-state index contributed by atoms with van der Waals surface area (Å²) < 4.78 is 12.9. The largest absolute Gasteiger partial charge is 0.414 e. The van der Waals surface area contributed by atoms with E-state index < -0.39 is 20.2 Å². The molecule has 5 heteroatoms. The molecular weight excluding hydrogens is 440 g/mol. The second kappa shape index (κ2) is 7.90. The van der Waals surface area contributed by atoms with E-state index in [9.17, 15) is 10.2 Å². The maximum absolute atomic E-state index is 11.6. The Morgan fingerprint density at radius 1 is 1.12 bits per heavy atom. The van der Waals surface area contributed by atoms with E-state index in [1.165, 1.54) is 19.3 Å². The quantitative estimate of drug-likeness (QED) is 0.353. The fourth-order valence-electron chi connectivity index (χ4n) is 9.16. The molecule has 34 heavy (non-hydrogen) atoms. The van der Waals surface area contributed by atoms with Gasteiger partial charge in [0.25, 0.3) is 0 Å². The summed E-state index contributed by atoms with van der Waals surface area (Å²) in [4.78, 5) is 0. The zero-order valence-corrected chi connectivity index (χ0v) is 24.0. The minimum absolute atomic E-state index is 0.0293. The number of aliphatic hydroxyl groups excluding tert-OH is 1. The predicted molar refractivity (Wildman–Crippen MR) is 139 cm³/mol. The van der Waals surface area contributed by atoms with Gasteiger partial charge in [-0.2, -0.15) is 0 Å². The number of fused-ring (bicyclic) bond motifs is 7. The zero-order chi connectivity index (χ0) is 24.9. The zero-order valence-electron chi connectivity index (χ0n) is 23.0. The smallest absolute Gasteiger partial charge is 0.192 e. The molecule has 4 nitrogen and oxygen atoms in total. The molecule has 5 aliphatic rings. The molecule has 0 radical (unpaired) electrons. The van der Waals surface area contributed by atoms with Gasteiger partial charge in [-0.1, -0.05) is 53.2 Å². The van der Waals surface area contributed by atoms with Crippen LogP contribution < -0.4 is 0 Å². The van der Waals surface area contributed by atoms with E-state index in [2.05, 4.69) is 60.7 Å². The summed E-state index contributed by atoms with van der Waals surface area (Å²) >= 11 is 0. The summed E-state index contributed by atoms with van der Waals surface area (Å²) in [5.74, 6) is 0.799. The molecule has 1 heterocycles. The first-order valence-corrected chi connectivity index (χ1v) is 16.9. The first-order chi connectivity index (χ1) is 15.6. The first kappa shape index (κ1) is 25.4. The van der Waals surface area contributed by atoms with Crippen LogP contribution in [0.25, 0.3) is 0 Å². The third kappa shape index (κ3) is 3.58. The second-order valence-electron chi connectivity index (χ2n) is 14.8. The Labute approximate surface area is 209 Å². The number of hydrogen-bond donors (Lipinski definition) is 2. The highest BCUT2D eigenvalue weighted by Gasteiger charge is 2.68. The van der Waals surface area contributed by atoms with Crippen molar-refractivity contribution in [2.24, 2.45) is 40.4 Å². The molecule has 0 amide bonds. The number of aliphatic hydroxyl groups is 2. The van der Waals surface area contributed by atoms with Gasteiger partial charge >= 0.3 is 0 Å². The summed E-state index contributed by atoms with van der Waals surface area (Å²) in [6, 6.07) is 0. The molecule has 4 aliphatic carbocycles. The van der Waals surface area contributed by atoms with Crippen molar-refractivity contribution in [2.45, 2.75) is 123 Å². The average Bonchev–Trinajstić information content (AvgIpc) is 2.98. The molecular formula is C29H50O4Si. The molecule has 0 aromatic heterocycles. The highest BCUT2D eigenvalue weighted by atomic mass is 28.4. The third-order valence-corrected chi connectivity index (χ3v) is 16.6. The predicted octanol–water partition coefficient (Wildman–Crippen LogP) is 6.28. The summed E-state index contributed by atoms with van der Waals surface area (Å²) in [6.07, 6.45) is 10.2. The number of ether oxygens (including phenoxy) is 1. The maximum Gasteiger partial charge on any atom is 0.192 e. The Morgan fingerprint density at radius 2 is 1.82 bits per heavy atom.